The standard InChI is InChI=1S/C16H11F3N2/c17-11-7-6-10(14(18)15(11)19)16(20)13-8-5-9-3-1-2-4-12(9)21-13/h1-8,16H,20H2. The van der Waals surface area contributed by atoms with Crippen LogP contribution in [0.15, 0.2) is 48.5 Å². The van der Waals surface area contributed by atoms with Crippen LogP contribution in [0.25, 0.3) is 10.9 Å². The molecule has 2 nitrogen and oxygen atoms in total. The second-order valence-corrected chi connectivity index (χ2v) is 4.67. The Hall–Kier alpha value is -2.40. The molecular weight excluding hydrogens is 277 g/mol. The van der Waals surface area contributed by atoms with Crippen LogP contribution < -0.4 is 5.73 Å². The second-order valence-electron chi connectivity index (χ2n) is 4.67. The molecule has 5 heteroatoms. The predicted octanol–water partition coefficient (Wildman–Crippen LogP) is 3.70. The Bertz CT molecular complexity index is 818. The number of rotatable bonds is 2. The van der Waals surface area contributed by atoms with E-state index in [-0.39, 0.29) is 5.56 Å². The summed E-state index contributed by atoms with van der Waals surface area (Å²) in [7, 11) is 0. The molecule has 3 rings (SSSR count). The third-order valence-electron chi connectivity index (χ3n) is 3.34. The highest BCUT2D eigenvalue weighted by molar-refractivity contribution is 5.78. The van der Waals surface area contributed by atoms with Gasteiger partial charge in [0.15, 0.2) is 17.5 Å². The fraction of sp³-hybridized carbons (Fsp3) is 0.0625. The molecule has 1 heterocycles. The number of fused-ring (bicyclic) bond motifs is 1. The van der Waals surface area contributed by atoms with Gasteiger partial charge in [0.1, 0.15) is 0 Å². The number of benzene rings is 2. The zero-order valence-electron chi connectivity index (χ0n) is 10.9. The van der Waals surface area contributed by atoms with Crippen LogP contribution in [0, 0.1) is 17.5 Å². The first-order valence-corrected chi connectivity index (χ1v) is 6.32. The monoisotopic (exact) mass is 288 g/mol. The Balaban J connectivity index is 2.08. The SMILES string of the molecule is NC(c1ccc2ccccc2n1)c1ccc(F)c(F)c1F. The normalized spacial score (nSPS) is 12.6. The topological polar surface area (TPSA) is 38.9 Å². The molecule has 0 aliphatic carbocycles. The summed E-state index contributed by atoms with van der Waals surface area (Å²) in [6, 6.07) is 11.8. The molecule has 0 fully saturated rings. The average Bonchev–Trinajstić information content (AvgIpc) is 2.52. The van der Waals surface area contributed by atoms with Crippen molar-refractivity contribution in [2.45, 2.75) is 6.04 Å². The van der Waals surface area contributed by atoms with E-state index in [4.69, 9.17) is 5.73 Å². The van der Waals surface area contributed by atoms with Gasteiger partial charge in [0.2, 0.25) is 0 Å². The largest absolute Gasteiger partial charge is 0.319 e. The Labute approximate surface area is 119 Å². The minimum atomic E-state index is -1.52. The van der Waals surface area contributed by atoms with Crippen LogP contribution in [0.4, 0.5) is 13.2 Å². The van der Waals surface area contributed by atoms with Crippen molar-refractivity contribution in [1.29, 1.82) is 0 Å². The van der Waals surface area contributed by atoms with Crippen LogP contribution in [0.3, 0.4) is 0 Å². The highest BCUT2D eigenvalue weighted by Gasteiger charge is 2.20. The van der Waals surface area contributed by atoms with Crippen LogP contribution in [-0.2, 0) is 0 Å². The molecule has 1 atom stereocenters. The maximum Gasteiger partial charge on any atom is 0.194 e. The summed E-state index contributed by atoms with van der Waals surface area (Å²) >= 11 is 0. The van der Waals surface area contributed by atoms with Crippen LogP contribution in [0.5, 0.6) is 0 Å². The van der Waals surface area contributed by atoms with Crippen molar-refractivity contribution < 1.29 is 13.2 Å². The third-order valence-corrected chi connectivity index (χ3v) is 3.34. The number of nitrogens with two attached hydrogens (primary N) is 1. The van der Waals surface area contributed by atoms with Crippen molar-refractivity contribution in [3.63, 3.8) is 0 Å². The molecule has 0 spiro atoms. The van der Waals surface area contributed by atoms with E-state index in [1.165, 1.54) is 0 Å². The minimum absolute atomic E-state index is 0.128. The molecule has 1 unspecified atom stereocenters. The molecule has 0 amide bonds. The highest BCUT2D eigenvalue weighted by Crippen LogP contribution is 2.25. The van der Waals surface area contributed by atoms with Gasteiger partial charge in [0, 0.05) is 10.9 Å². The van der Waals surface area contributed by atoms with E-state index >= 15 is 0 Å². The van der Waals surface area contributed by atoms with Crippen LogP contribution in [-0.4, -0.2) is 4.98 Å². The van der Waals surface area contributed by atoms with E-state index < -0.39 is 23.5 Å². The number of halogens is 3. The summed E-state index contributed by atoms with van der Waals surface area (Å²) in [6.07, 6.45) is 0. The number of aromatic nitrogens is 1. The fourth-order valence-electron chi connectivity index (χ4n) is 2.20. The molecule has 106 valence electrons. The zero-order chi connectivity index (χ0) is 15.0. The summed E-state index contributed by atoms with van der Waals surface area (Å²) in [5.74, 6) is -4.05. The van der Waals surface area contributed by atoms with Crippen LogP contribution >= 0.6 is 0 Å². The fourth-order valence-corrected chi connectivity index (χ4v) is 2.20. The molecule has 0 radical (unpaired) electrons. The molecule has 2 N–H and O–H groups in total. The number of nitrogens with zero attached hydrogens (tertiary/aromatic N) is 1. The first kappa shape index (κ1) is 13.6. The summed E-state index contributed by atoms with van der Waals surface area (Å²) < 4.78 is 40.0. The lowest BCUT2D eigenvalue weighted by Gasteiger charge is -2.13. The number of hydrogen-bond donors (Lipinski definition) is 1. The van der Waals surface area contributed by atoms with Crippen molar-refractivity contribution in [2.24, 2.45) is 5.73 Å². The lowest BCUT2D eigenvalue weighted by molar-refractivity contribution is 0.438. The Kier molecular flexibility index (Phi) is 3.35. The lowest BCUT2D eigenvalue weighted by atomic mass is 10.0. The molecule has 1 aromatic heterocycles. The quantitative estimate of drug-likeness (QED) is 0.730. The van der Waals surface area contributed by atoms with Gasteiger partial charge < -0.3 is 5.73 Å². The molecular formula is C16H11F3N2. The summed E-state index contributed by atoms with van der Waals surface area (Å²) in [5.41, 5.74) is 6.90. The summed E-state index contributed by atoms with van der Waals surface area (Å²) in [5, 5.41) is 0.916. The van der Waals surface area contributed by atoms with Gasteiger partial charge in [-0.1, -0.05) is 30.3 Å². The van der Waals surface area contributed by atoms with E-state index in [1.807, 2.05) is 18.2 Å². The van der Waals surface area contributed by atoms with Crippen molar-refractivity contribution in [3.8, 4) is 0 Å². The van der Waals surface area contributed by atoms with Gasteiger partial charge in [0.25, 0.3) is 0 Å². The third kappa shape index (κ3) is 2.36. The molecule has 0 aliphatic rings. The smallest absolute Gasteiger partial charge is 0.194 e. The number of para-hydroxylation sites is 1. The highest BCUT2D eigenvalue weighted by atomic mass is 19.2. The van der Waals surface area contributed by atoms with Crippen LogP contribution in [0.1, 0.15) is 17.3 Å². The molecule has 0 aliphatic heterocycles. The van der Waals surface area contributed by atoms with Gasteiger partial charge in [-0.2, -0.15) is 0 Å². The van der Waals surface area contributed by atoms with Crippen LogP contribution in [0.2, 0.25) is 0 Å². The molecule has 3 aromatic rings. The molecule has 0 saturated carbocycles. The van der Waals surface area contributed by atoms with Gasteiger partial charge in [-0.05, 0) is 18.2 Å². The number of pyridine rings is 1. The molecule has 0 saturated heterocycles. The second kappa shape index (κ2) is 5.18. The maximum absolute atomic E-state index is 13.8. The Morgan fingerprint density at radius 3 is 2.43 bits per heavy atom. The average molecular weight is 288 g/mol. The minimum Gasteiger partial charge on any atom is -0.319 e. The number of hydrogen-bond acceptors (Lipinski definition) is 2. The molecule has 21 heavy (non-hydrogen) atoms. The molecule has 0 bridgehead atoms. The summed E-state index contributed by atoms with van der Waals surface area (Å²) in [6.45, 7) is 0. The van der Waals surface area contributed by atoms with E-state index in [0.29, 0.717) is 11.2 Å². The van der Waals surface area contributed by atoms with E-state index in [0.717, 1.165) is 17.5 Å². The lowest BCUT2D eigenvalue weighted by Crippen LogP contribution is -2.16. The zero-order valence-corrected chi connectivity index (χ0v) is 10.9. The first-order valence-electron chi connectivity index (χ1n) is 6.32. The first-order chi connectivity index (χ1) is 10.1. The van der Waals surface area contributed by atoms with Gasteiger partial charge in [0.05, 0.1) is 17.3 Å². The van der Waals surface area contributed by atoms with Gasteiger partial charge in [-0.25, -0.2) is 13.2 Å². The predicted molar refractivity (Wildman–Crippen MR) is 74.1 cm³/mol. The van der Waals surface area contributed by atoms with Gasteiger partial charge >= 0.3 is 0 Å². The Morgan fingerprint density at radius 1 is 0.857 bits per heavy atom. The Morgan fingerprint density at radius 2 is 1.62 bits per heavy atom. The maximum atomic E-state index is 13.8. The van der Waals surface area contributed by atoms with E-state index in [2.05, 4.69) is 4.98 Å². The molecule has 2 aromatic carbocycles. The van der Waals surface area contributed by atoms with Gasteiger partial charge in [-0.15, -0.1) is 0 Å². The van der Waals surface area contributed by atoms with Gasteiger partial charge in [-0.3, -0.25) is 4.98 Å². The van der Waals surface area contributed by atoms with Crippen molar-refractivity contribution >= 4 is 10.9 Å². The van der Waals surface area contributed by atoms with E-state index in [9.17, 15) is 13.2 Å². The van der Waals surface area contributed by atoms with E-state index in [1.54, 1.807) is 18.2 Å². The van der Waals surface area contributed by atoms with Crippen molar-refractivity contribution in [3.05, 3.63) is 77.2 Å². The van der Waals surface area contributed by atoms with Crippen molar-refractivity contribution in [2.75, 3.05) is 0 Å². The summed E-state index contributed by atoms with van der Waals surface area (Å²) in [4.78, 5) is 4.34. The van der Waals surface area contributed by atoms with Crippen molar-refractivity contribution in [1.82, 2.24) is 4.98 Å².